The van der Waals surface area contributed by atoms with Crippen molar-refractivity contribution in [1.29, 1.82) is 0 Å². The fourth-order valence-corrected chi connectivity index (χ4v) is 0.916. The summed E-state index contributed by atoms with van der Waals surface area (Å²) >= 11 is 2.04. The number of hydrogen-bond acceptors (Lipinski definition) is 3. The molecule has 62 valence electrons. The average molecular weight is 268 g/mol. The molecule has 1 aliphatic heterocycles. The van der Waals surface area contributed by atoms with Crippen LogP contribution in [0.25, 0.3) is 0 Å². The largest absolute Gasteiger partial charge is 0.353 e. The van der Waals surface area contributed by atoms with Gasteiger partial charge in [-0.25, -0.2) is 0 Å². The van der Waals surface area contributed by atoms with Gasteiger partial charge in [-0.2, -0.15) is 0 Å². The molecule has 0 spiro atoms. The Morgan fingerprint density at radius 3 is 3.18 bits per heavy atom. The second-order valence-corrected chi connectivity index (χ2v) is 3.22. The lowest BCUT2D eigenvalue weighted by atomic mass is 10.4. The molecule has 2 atom stereocenters. The third-order valence-corrected chi connectivity index (χ3v) is 1.97. The van der Waals surface area contributed by atoms with Crippen molar-refractivity contribution in [2.45, 2.75) is 10.2 Å². The van der Waals surface area contributed by atoms with Crippen molar-refractivity contribution in [2.75, 3.05) is 20.0 Å². The quantitative estimate of drug-likeness (QED) is 0.430. The Kier molecular flexibility index (Phi) is 4.15. The molecule has 1 saturated heterocycles. The molecule has 1 heterocycles. The molecule has 1 rings (SSSR count). The molecule has 0 aromatic rings. The van der Waals surface area contributed by atoms with Crippen molar-refractivity contribution in [3.8, 4) is 12.3 Å². The lowest BCUT2D eigenvalue weighted by molar-refractivity contribution is 0.00947. The van der Waals surface area contributed by atoms with Crippen LogP contribution in [0.3, 0.4) is 0 Å². The van der Waals surface area contributed by atoms with E-state index < -0.39 is 0 Å². The molecule has 3 nitrogen and oxygen atoms in total. The Bertz CT molecular complexity index is 148. The molecule has 0 bridgehead atoms. The van der Waals surface area contributed by atoms with E-state index in [2.05, 4.69) is 5.92 Å². The van der Waals surface area contributed by atoms with E-state index in [1.807, 2.05) is 22.6 Å². The number of rotatable bonds is 3. The Labute approximate surface area is 79.5 Å². The first kappa shape index (κ1) is 9.26. The highest BCUT2D eigenvalue weighted by atomic mass is 127. The summed E-state index contributed by atoms with van der Waals surface area (Å²) in [5, 5.41) is 0. The van der Waals surface area contributed by atoms with Gasteiger partial charge in [-0.3, -0.25) is 0 Å². The van der Waals surface area contributed by atoms with Gasteiger partial charge in [-0.1, -0.05) is 5.92 Å². The van der Waals surface area contributed by atoms with E-state index in [1.165, 1.54) is 0 Å². The highest BCUT2D eigenvalue weighted by Crippen LogP contribution is 2.07. The predicted molar refractivity (Wildman–Crippen MR) is 48.3 cm³/mol. The zero-order valence-corrected chi connectivity index (χ0v) is 8.11. The molecule has 1 aliphatic rings. The highest BCUT2D eigenvalue weighted by Gasteiger charge is 2.16. The zero-order valence-electron chi connectivity index (χ0n) is 5.96. The minimum absolute atomic E-state index is 0.0561. The van der Waals surface area contributed by atoms with Crippen molar-refractivity contribution in [3.63, 3.8) is 0 Å². The van der Waals surface area contributed by atoms with Crippen LogP contribution in [0.5, 0.6) is 0 Å². The molecular formula is C7H9IO3. The van der Waals surface area contributed by atoms with Crippen LogP contribution in [0.4, 0.5) is 0 Å². The molecule has 0 N–H and O–H groups in total. The summed E-state index contributed by atoms with van der Waals surface area (Å²) in [5.41, 5.74) is 0. The third kappa shape index (κ3) is 3.38. The summed E-state index contributed by atoms with van der Waals surface area (Å²) in [7, 11) is 0. The molecule has 0 aromatic heterocycles. The minimum atomic E-state index is -0.170. The first-order chi connectivity index (χ1) is 5.33. The lowest BCUT2D eigenvalue weighted by Crippen LogP contribution is -2.19. The molecule has 0 amide bonds. The molecular weight excluding hydrogens is 259 g/mol. The van der Waals surface area contributed by atoms with Gasteiger partial charge in [0.05, 0.1) is 13.2 Å². The SMILES string of the molecule is C#CC(I)OCC1COCO1. The van der Waals surface area contributed by atoms with Crippen LogP contribution in [0, 0.1) is 12.3 Å². The van der Waals surface area contributed by atoms with Crippen LogP contribution in [-0.4, -0.2) is 30.2 Å². The lowest BCUT2D eigenvalue weighted by Gasteiger charge is -2.08. The monoisotopic (exact) mass is 268 g/mol. The van der Waals surface area contributed by atoms with Crippen molar-refractivity contribution in [2.24, 2.45) is 0 Å². The maximum Gasteiger partial charge on any atom is 0.169 e. The highest BCUT2D eigenvalue weighted by molar-refractivity contribution is 14.1. The number of halogens is 1. The summed E-state index contributed by atoms with van der Waals surface area (Å²) in [6.45, 7) is 1.49. The molecule has 2 unspecified atom stereocenters. The molecule has 0 aliphatic carbocycles. The molecule has 4 heteroatoms. The van der Waals surface area contributed by atoms with Gasteiger partial charge >= 0.3 is 0 Å². The van der Waals surface area contributed by atoms with Crippen molar-refractivity contribution >= 4 is 22.6 Å². The van der Waals surface area contributed by atoms with E-state index >= 15 is 0 Å². The Balaban J connectivity index is 2.07. The van der Waals surface area contributed by atoms with Gasteiger partial charge in [-0.15, -0.1) is 6.42 Å². The van der Waals surface area contributed by atoms with Crippen molar-refractivity contribution < 1.29 is 14.2 Å². The van der Waals surface area contributed by atoms with Crippen molar-refractivity contribution in [3.05, 3.63) is 0 Å². The Morgan fingerprint density at radius 1 is 1.82 bits per heavy atom. The number of alkyl halides is 1. The van der Waals surface area contributed by atoms with E-state index in [-0.39, 0.29) is 10.2 Å². The first-order valence-electron chi connectivity index (χ1n) is 3.24. The fraction of sp³-hybridized carbons (Fsp3) is 0.714. The van der Waals surface area contributed by atoms with Gasteiger partial charge in [0.2, 0.25) is 0 Å². The molecule has 0 aromatic carbocycles. The van der Waals surface area contributed by atoms with Crippen LogP contribution in [-0.2, 0) is 14.2 Å². The van der Waals surface area contributed by atoms with Crippen molar-refractivity contribution in [1.82, 2.24) is 0 Å². The maximum absolute atomic E-state index is 5.22. The van der Waals surface area contributed by atoms with Crippen LogP contribution < -0.4 is 0 Å². The Hall–Kier alpha value is 0.170. The minimum Gasteiger partial charge on any atom is -0.353 e. The van der Waals surface area contributed by atoms with Crippen LogP contribution in [0.1, 0.15) is 0 Å². The summed E-state index contributed by atoms with van der Waals surface area (Å²) in [6.07, 6.45) is 5.16. The standard InChI is InChI=1S/C7H9IO3/c1-2-7(8)10-4-6-3-9-5-11-6/h1,6-7H,3-5H2. The van der Waals surface area contributed by atoms with Crippen LogP contribution in [0.15, 0.2) is 0 Å². The number of terminal acetylenes is 1. The van der Waals surface area contributed by atoms with E-state index in [0.29, 0.717) is 20.0 Å². The van der Waals surface area contributed by atoms with Gasteiger partial charge in [0.1, 0.15) is 12.9 Å². The third-order valence-electron chi connectivity index (χ3n) is 1.25. The first-order valence-corrected chi connectivity index (χ1v) is 4.48. The van der Waals surface area contributed by atoms with Gasteiger partial charge in [-0.05, 0) is 22.6 Å². The van der Waals surface area contributed by atoms with Crippen LogP contribution >= 0.6 is 22.6 Å². The molecule has 1 fully saturated rings. The maximum atomic E-state index is 5.22. The zero-order chi connectivity index (χ0) is 8.10. The summed E-state index contributed by atoms with van der Waals surface area (Å²) in [6, 6.07) is 0. The van der Waals surface area contributed by atoms with Gasteiger partial charge in [0.15, 0.2) is 4.11 Å². The summed E-state index contributed by atoms with van der Waals surface area (Å²) < 4.78 is 15.1. The fourth-order valence-electron chi connectivity index (χ4n) is 0.708. The normalized spacial score (nSPS) is 26.4. The summed E-state index contributed by atoms with van der Waals surface area (Å²) in [4.78, 5) is 0. The number of ether oxygens (including phenoxy) is 3. The van der Waals surface area contributed by atoms with Gasteiger partial charge in [0, 0.05) is 0 Å². The topological polar surface area (TPSA) is 27.7 Å². The van der Waals surface area contributed by atoms with E-state index in [1.54, 1.807) is 0 Å². The van der Waals surface area contributed by atoms with Gasteiger partial charge < -0.3 is 14.2 Å². The second kappa shape index (κ2) is 4.93. The summed E-state index contributed by atoms with van der Waals surface area (Å²) in [5.74, 6) is 2.46. The van der Waals surface area contributed by atoms with E-state index in [4.69, 9.17) is 20.6 Å². The average Bonchev–Trinajstić information content (AvgIpc) is 2.52. The molecule has 0 saturated carbocycles. The Morgan fingerprint density at radius 2 is 2.64 bits per heavy atom. The van der Waals surface area contributed by atoms with E-state index in [9.17, 15) is 0 Å². The number of hydrogen-bond donors (Lipinski definition) is 0. The second-order valence-electron chi connectivity index (χ2n) is 2.09. The smallest absolute Gasteiger partial charge is 0.169 e. The van der Waals surface area contributed by atoms with E-state index in [0.717, 1.165) is 0 Å². The molecule has 11 heavy (non-hydrogen) atoms. The van der Waals surface area contributed by atoms with Crippen LogP contribution in [0.2, 0.25) is 0 Å². The van der Waals surface area contributed by atoms with Gasteiger partial charge in [0.25, 0.3) is 0 Å². The predicted octanol–water partition coefficient (Wildman–Crippen LogP) is 0.770. The molecule has 0 radical (unpaired) electrons.